The molecule has 5 nitrogen and oxygen atoms in total. The van der Waals surface area contributed by atoms with E-state index in [1.165, 1.54) is 0 Å². The van der Waals surface area contributed by atoms with Gasteiger partial charge in [0.25, 0.3) is 0 Å². The van der Waals surface area contributed by atoms with Crippen molar-refractivity contribution in [3.8, 4) is 0 Å². The summed E-state index contributed by atoms with van der Waals surface area (Å²) >= 11 is 0. The average molecular weight is 275 g/mol. The number of carbonyl (C=O) groups is 1. The third kappa shape index (κ3) is 3.59. The smallest absolute Gasteiger partial charge is 0.237 e. The number of nitrogens with two attached hydrogens (primary N) is 1. The monoisotopic (exact) mass is 275 g/mol. The number of fused-ring (bicyclic) bond motifs is 1. The van der Waals surface area contributed by atoms with Crippen molar-refractivity contribution in [2.24, 2.45) is 5.73 Å². The fourth-order valence-corrected chi connectivity index (χ4v) is 2.06. The summed E-state index contributed by atoms with van der Waals surface area (Å²) in [5, 5.41) is 13.3. The molecule has 1 amide bonds. The summed E-state index contributed by atoms with van der Waals surface area (Å²) in [6.45, 7) is 3.46. The molecular weight excluding hydrogens is 254 g/mol. The first-order valence-corrected chi connectivity index (χ1v) is 6.67. The minimum absolute atomic E-state index is 0.188. The van der Waals surface area contributed by atoms with E-state index in [-0.39, 0.29) is 12.5 Å². The molecule has 2 rings (SSSR count). The zero-order valence-electron chi connectivity index (χ0n) is 11.8. The van der Waals surface area contributed by atoms with Crippen LogP contribution in [-0.2, 0) is 11.2 Å². The van der Waals surface area contributed by atoms with Crippen molar-refractivity contribution in [3.63, 3.8) is 0 Å². The number of para-hydroxylation sites is 1. The molecule has 0 bridgehead atoms. The molecule has 0 aliphatic carbocycles. The molecule has 5 N–H and O–H groups in total. The third-order valence-electron chi connectivity index (χ3n) is 3.15. The lowest BCUT2D eigenvalue weighted by atomic mass is 10.0. The number of hydrogen-bond acceptors (Lipinski definition) is 3. The first-order chi connectivity index (χ1) is 9.37. The highest BCUT2D eigenvalue weighted by Gasteiger charge is 2.19. The van der Waals surface area contributed by atoms with Crippen LogP contribution in [0.1, 0.15) is 19.4 Å². The van der Waals surface area contributed by atoms with Crippen molar-refractivity contribution in [3.05, 3.63) is 36.0 Å². The highest BCUT2D eigenvalue weighted by Crippen LogP contribution is 2.18. The maximum absolute atomic E-state index is 11.9. The van der Waals surface area contributed by atoms with E-state index in [2.05, 4.69) is 10.3 Å². The third-order valence-corrected chi connectivity index (χ3v) is 3.15. The molecule has 0 saturated heterocycles. The van der Waals surface area contributed by atoms with Crippen molar-refractivity contribution in [2.75, 3.05) is 6.54 Å². The van der Waals surface area contributed by atoms with Crippen molar-refractivity contribution in [1.82, 2.24) is 10.3 Å². The molecule has 1 aromatic heterocycles. The predicted molar refractivity (Wildman–Crippen MR) is 79.3 cm³/mol. The van der Waals surface area contributed by atoms with Gasteiger partial charge in [0.15, 0.2) is 0 Å². The van der Waals surface area contributed by atoms with Crippen molar-refractivity contribution < 1.29 is 9.90 Å². The van der Waals surface area contributed by atoms with E-state index in [9.17, 15) is 9.90 Å². The maximum Gasteiger partial charge on any atom is 0.237 e. The number of hydrogen-bond donors (Lipinski definition) is 4. The summed E-state index contributed by atoms with van der Waals surface area (Å²) in [5.41, 5.74) is 7.04. The summed E-state index contributed by atoms with van der Waals surface area (Å²) in [4.78, 5) is 15.1. The molecule has 1 atom stereocenters. The van der Waals surface area contributed by atoms with E-state index in [0.717, 1.165) is 16.5 Å². The zero-order valence-corrected chi connectivity index (χ0v) is 11.8. The van der Waals surface area contributed by atoms with Crippen molar-refractivity contribution in [2.45, 2.75) is 31.9 Å². The standard InChI is InChI=1S/C15H21N3O2/c1-15(2,20)9-18-14(19)12(16)7-10-8-17-13-6-4-3-5-11(10)13/h3-6,8,12,17,20H,7,9,16H2,1-2H3,(H,18,19). The molecule has 20 heavy (non-hydrogen) atoms. The van der Waals surface area contributed by atoms with Gasteiger partial charge in [-0.05, 0) is 31.9 Å². The number of aromatic nitrogens is 1. The number of amides is 1. The lowest BCUT2D eigenvalue weighted by Gasteiger charge is -2.19. The van der Waals surface area contributed by atoms with Crippen LogP contribution in [0.2, 0.25) is 0 Å². The Labute approximate surface area is 118 Å². The van der Waals surface area contributed by atoms with E-state index >= 15 is 0 Å². The molecule has 1 aromatic carbocycles. The predicted octanol–water partition coefficient (Wildman–Crippen LogP) is 0.925. The average Bonchev–Trinajstić information content (AvgIpc) is 2.78. The SMILES string of the molecule is CC(C)(O)CNC(=O)C(N)Cc1c[nH]c2ccccc12. The Morgan fingerprint density at radius 3 is 2.85 bits per heavy atom. The number of nitrogens with one attached hydrogen (secondary N) is 2. The van der Waals surface area contributed by atoms with E-state index in [4.69, 9.17) is 5.73 Å². The fraction of sp³-hybridized carbons (Fsp3) is 0.400. The van der Waals surface area contributed by atoms with Gasteiger partial charge in [0.05, 0.1) is 11.6 Å². The summed E-state index contributed by atoms with van der Waals surface area (Å²) < 4.78 is 0. The van der Waals surface area contributed by atoms with E-state index < -0.39 is 11.6 Å². The van der Waals surface area contributed by atoms with Gasteiger partial charge in [0.1, 0.15) is 0 Å². The quantitative estimate of drug-likeness (QED) is 0.654. The normalized spacial score (nSPS) is 13.4. The van der Waals surface area contributed by atoms with Crippen LogP contribution < -0.4 is 11.1 Å². The molecular formula is C15H21N3O2. The lowest BCUT2D eigenvalue weighted by Crippen LogP contribution is -2.46. The summed E-state index contributed by atoms with van der Waals surface area (Å²) in [6.07, 6.45) is 2.34. The van der Waals surface area contributed by atoms with Crippen molar-refractivity contribution >= 4 is 16.8 Å². The minimum atomic E-state index is -0.934. The van der Waals surface area contributed by atoms with Crippen LogP contribution in [0.25, 0.3) is 10.9 Å². The van der Waals surface area contributed by atoms with E-state index in [1.54, 1.807) is 13.8 Å². The van der Waals surface area contributed by atoms with Crippen LogP contribution in [0.3, 0.4) is 0 Å². The number of benzene rings is 1. The van der Waals surface area contributed by atoms with Gasteiger partial charge in [0, 0.05) is 23.6 Å². The van der Waals surface area contributed by atoms with Gasteiger partial charge >= 0.3 is 0 Å². The molecule has 0 aliphatic heterocycles. The lowest BCUT2D eigenvalue weighted by molar-refractivity contribution is -0.123. The first-order valence-electron chi connectivity index (χ1n) is 6.67. The first kappa shape index (κ1) is 14.6. The second-order valence-corrected chi connectivity index (χ2v) is 5.70. The maximum atomic E-state index is 11.9. The number of carbonyl (C=O) groups excluding carboxylic acids is 1. The second-order valence-electron chi connectivity index (χ2n) is 5.70. The van der Waals surface area contributed by atoms with Gasteiger partial charge < -0.3 is 21.1 Å². The minimum Gasteiger partial charge on any atom is -0.389 e. The Bertz CT molecular complexity index is 598. The number of rotatable bonds is 5. The Balaban J connectivity index is 2.00. The summed E-state index contributed by atoms with van der Waals surface area (Å²) in [6, 6.07) is 7.27. The molecule has 108 valence electrons. The molecule has 0 radical (unpaired) electrons. The van der Waals surface area contributed by atoms with Gasteiger partial charge in [-0.15, -0.1) is 0 Å². The van der Waals surface area contributed by atoms with E-state index in [1.807, 2.05) is 30.5 Å². The Kier molecular flexibility index (Phi) is 4.11. The van der Waals surface area contributed by atoms with Crippen LogP contribution in [0.15, 0.2) is 30.5 Å². The van der Waals surface area contributed by atoms with E-state index in [0.29, 0.717) is 6.42 Å². The molecule has 2 aromatic rings. The molecule has 0 aliphatic rings. The number of aromatic amines is 1. The fourth-order valence-electron chi connectivity index (χ4n) is 2.06. The van der Waals surface area contributed by atoms with Crippen LogP contribution >= 0.6 is 0 Å². The van der Waals surface area contributed by atoms with Gasteiger partial charge in [-0.25, -0.2) is 0 Å². The topological polar surface area (TPSA) is 91.1 Å². The molecule has 1 unspecified atom stereocenters. The Morgan fingerprint density at radius 2 is 2.15 bits per heavy atom. The zero-order chi connectivity index (χ0) is 14.8. The highest BCUT2D eigenvalue weighted by atomic mass is 16.3. The molecule has 0 saturated carbocycles. The van der Waals surface area contributed by atoms with Gasteiger partial charge in [-0.2, -0.15) is 0 Å². The highest BCUT2D eigenvalue weighted by molar-refractivity contribution is 5.86. The summed E-state index contributed by atoms with van der Waals surface area (Å²) in [5.74, 6) is -0.252. The van der Waals surface area contributed by atoms with Crippen LogP contribution in [-0.4, -0.2) is 34.2 Å². The number of H-pyrrole nitrogens is 1. The second kappa shape index (κ2) is 5.64. The molecule has 1 heterocycles. The summed E-state index contributed by atoms with van der Waals surface area (Å²) in [7, 11) is 0. The van der Waals surface area contributed by atoms with Crippen LogP contribution in [0, 0.1) is 0 Å². The molecule has 0 fully saturated rings. The molecule has 0 spiro atoms. The van der Waals surface area contributed by atoms with Crippen LogP contribution in [0.4, 0.5) is 0 Å². The van der Waals surface area contributed by atoms with Gasteiger partial charge in [0.2, 0.25) is 5.91 Å². The van der Waals surface area contributed by atoms with Crippen molar-refractivity contribution in [1.29, 1.82) is 0 Å². The van der Waals surface area contributed by atoms with Crippen LogP contribution in [0.5, 0.6) is 0 Å². The largest absolute Gasteiger partial charge is 0.389 e. The Hall–Kier alpha value is -1.85. The van der Waals surface area contributed by atoms with Gasteiger partial charge in [-0.3, -0.25) is 4.79 Å². The number of aliphatic hydroxyl groups is 1. The molecule has 5 heteroatoms. The Morgan fingerprint density at radius 1 is 1.45 bits per heavy atom. The van der Waals surface area contributed by atoms with Gasteiger partial charge in [-0.1, -0.05) is 18.2 Å².